The number of ether oxygens (including phenoxy) is 1. The molecule has 1 heterocycles. The predicted molar refractivity (Wildman–Crippen MR) is 73.5 cm³/mol. The Morgan fingerprint density at radius 1 is 1.21 bits per heavy atom. The molecule has 5 nitrogen and oxygen atoms in total. The van der Waals surface area contributed by atoms with Crippen molar-refractivity contribution >= 4 is 10.0 Å². The highest BCUT2D eigenvalue weighted by atomic mass is 32.2. The fourth-order valence-electron chi connectivity index (χ4n) is 2.00. The van der Waals surface area contributed by atoms with Crippen LogP contribution < -0.4 is 0 Å². The molecule has 0 atom stereocenters. The topological polar surface area (TPSA) is 49.9 Å². The standard InChI is InChI=1S/C13H20N2O3S/c1-14(7-8-15-9-11-18-12-10-15)19(16,17)13-5-3-2-4-6-13/h2-6H,7-12H2,1H3. The van der Waals surface area contributed by atoms with Gasteiger partial charge in [0.2, 0.25) is 10.0 Å². The van der Waals surface area contributed by atoms with E-state index in [0.29, 0.717) is 11.4 Å². The van der Waals surface area contributed by atoms with E-state index in [-0.39, 0.29) is 0 Å². The summed E-state index contributed by atoms with van der Waals surface area (Å²) in [5, 5.41) is 0. The minimum Gasteiger partial charge on any atom is -0.379 e. The van der Waals surface area contributed by atoms with Crippen molar-refractivity contribution in [3.05, 3.63) is 30.3 Å². The number of benzene rings is 1. The lowest BCUT2D eigenvalue weighted by atomic mass is 10.4. The summed E-state index contributed by atoms with van der Waals surface area (Å²) in [6.45, 7) is 4.45. The average molecular weight is 284 g/mol. The molecule has 0 saturated carbocycles. The summed E-state index contributed by atoms with van der Waals surface area (Å²) in [7, 11) is -1.74. The lowest BCUT2D eigenvalue weighted by Gasteiger charge is -2.28. The second-order valence-electron chi connectivity index (χ2n) is 4.59. The maximum Gasteiger partial charge on any atom is 0.242 e. The zero-order valence-electron chi connectivity index (χ0n) is 11.2. The third-order valence-corrected chi connectivity index (χ3v) is 5.16. The highest BCUT2D eigenvalue weighted by Crippen LogP contribution is 2.13. The van der Waals surface area contributed by atoms with E-state index >= 15 is 0 Å². The number of morpholine rings is 1. The van der Waals surface area contributed by atoms with Crippen LogP contribution >= 0.6 is 0 Å². The largest absolute Gasteiger partial charge is 0.379 e. The van der Waals surface area contributed by atoms with Crippen LogP contribution in [0, 0.1) is 0 Å². The molecule has 1 aromatic carbocycles. The number of hydrogen-bond acceptors (Lipinski definition) is 4. The molecule has 1 fully saturated rings. The zero-order valence-corrected chi connectivity index (χ0v) is 12.0. The monoisotopic (exact) mass is 284 g/mol. The van der Waals surface area contributed by atoms with Crippen molar-refractivity contribution in [3.8, 4) is 0 Å². The van der Waals surface area contributed by atoms with Crippen molar-refractivity contribution in [2.45, 2.75) is 4.90 Å². The van der Waals surface area contributed by atoms with E-state index in [4.69, 9.17) is 4.74 Å². The lowest BCUT2D eigenvalue weighted by Crippen LogP contribution is -2.41. The van der Waals surface area contributed by atoms with Gasteiger partial charge < -0.3 is 4.74 Å². The van der Waals surface area contributed by atoms with Crippen LogP contribution in [0.25, 0.3) is 0 Å². The molecule has 0 N–H and O–H groups in total. The third kappa shape index (κ3) is 3.76. The van der Waals surface area contributed by atoms with E-state index in [2.05, 4.69) is 4.90 Å². The molecule has 0 bridgehead atoms. The summed E-state index contributed by atoms with van der Waals surface area (Å²) in [6, 6.07) is 8.54. The molecule has 0 radical (unpaired) electrons. The van der Waals surface area contributed by atoms with Gasteiger partial charge in [-0.15, -0.1) is 0 Å². The van der Waals surface area contributed by atoms with Gasteiger partial charge in [-0.1, -0.05) is 18.2 Å². The van der Waals surface area contributed by atoms with Crippen LogP contribution in [0.5, 0.6) is 0 Å². The van der Waals surface area contributed by atoms with Crippen LogP contribution in [0.15, 0.2) is 35.2 Å². The molecule has 106 valence electrons. The zero-order chi connectivity index (χ0) is 13.7. The molecular weight excluding hydrogens is 264 g/mol. The van der Waals surface area contributed by atoms with Gasteiger partial charge in [-0.2, -0.15) is 4.31 Å². The first-order chi connectivity index (χ1) is 9.10. The molecule has 1 aromatic rings. The molecule has 1 saturated heterocycles. The molecule has 0 amide bonds. The maximum absolute atomic E-state index is 12.3. The van der Waals surface area contributed by atoms with Crippen LogP contribution in [-0.4, -0.2) is 64.1 Å². The Morgan fingerprint density at radius 3 is 2.47 bits per heavy atom. The van der Waals surface area contributed by atoms with Crippen LogP contribution in [0.3, 0.4) is 0 Å². The summed E-state index contributed by atoms with van der Waals surface area (Å²) in [5.41, 5.74) is 0. The Kier molecular flexibility index (Phi) is 4.93. The fourth-order valence-corrected chi connectivity index (χ4v) is 3.18. The van der Waals surface area contributed by atoms with Gasteiger partial charge in [-0.05, 0) is 12.1 Å². The lowest BCUT2D eigenvalue weighted by molar-refractivity contribution is 0.0368. The van der Waals surface area contributed by atoms with E-state index in [1.807, 2.05) is 6.07 Å². The number of nitrogens with zero attached hydrogens (tertiary/aromatic N) is 2. The third-order valence-electron chi connectivity index (χ3n) is 3.29. The van der Waals surface area contributed by atoms with E-state index in [1.54, 1.807) is 31.3 Å². The van der Waals surface area contributed by atoms with Crippen molar-refractivity contribution in [2.75, 3.05) is 46.4 Å². The SMILES string of the molecule is CN(CCN1CCOCC1)S(=O)(=O)c1ccccc1. The van der Waals surface area contributed by atoms with Crippen molar-refractivity contribution < 1.29 is 13.2 Å². The van der Waals surface area contributed by atoms with Crippen LogP contribution in [0.2, 0.25) is 0 Å². The molecule has 0 aliphatic carbocycles. The summed E-state index contributed by atoms with van der Waals surface area (Å²) < 4.78 is 31.3. The second-order valence-corrected chi connectivity index (χ2v) is 6.64. The van der Waals surface area contributed by atoms with Gasteiger partial charge >= 0.3 is 0 Å². The average Bonchev–Trinajstić information content (AvgIpc) is 2.46. The number of hydrogen-bond donors (Lipinski definition) is 0. The highest BCUT2D eigenvalue weighted by molar-refractivity contribution is 7.89. The predicted octanol–water partition coefficient (Wildman–Crippen LogP) is 0.639. The highest BCUT2D eigenvalue weighted by Gasteiger charge is 2.21. The number of sulfonamides is 1. The molecule has 2 rings (SSSR count). The van der Waals surface area contributed by atoms with Gasteiger partial charge in [0.1, 0.15) is 0 Å². The molecule has 6 heteroatoms. The summed E-state index contributed by atoms with van der Waals surface area (Å²) in [6.07, 6.45) is 0. The normalized spacial score (nSPS) is 17.8. The Bertz CT molecular complexity index is 484. The Labute approximate surface area is 114 Å². The Morgan fingerprint density at radius 2 is 1.84 bits per heavy atom. The van der Waals surface area contributed by atoms with Gasteiger partial charge in [-0.25, -0.2) is 8.42 Å². The summed E-state index contributed by atoms with van der Waals surface area (Å²) >= 11 is 0. The van der Waals surface area contributed by atoms with Crippen molar-refractivity contribution in [1.29, 1.82) is 0 Å². The summed E-state index contributed by atoms with van der Waals surface area (Å²) in [5.74, 6) is 0. The van der Waals surface area contributed by atoms with E-state index in [9.17, 15) is 8.42 Å². The van der Waals surface area contributed by atoms with Gasteiger partial charge in [0.15, 0.2) is 0 Å². The van der Waals surface area contributed by atoms with Crippen molar-refractivity contribution in [3.63, 3.8) is 0 Å². The smallest absolute Gasteiger partial charge is 0.242 e. The van der Waals surface area contributed by atoms with Gasteiger partial charge in [-0.3, -0.25) is 4.90 Å². The molecule has 1 aliphatic heterocycles. The van der Waals surface area contributed by atoms with Gasteiger partial charge in [0, 0.05) is 33.2 Å². The number of likely N-dealkylation sites (N-methyl/N-ethyl adjacent to an activating group) is 1. The van der Waals surface area contributed by atoms with Crippen molar-refractivity contribution in [1.82, 2.24) is 9.21 Å². The first-order valence-corrected chi connectivity index (χ1v) is 7.86. The molecule has 1 aliphatic rings. The molecule has 0 unspecified atom stereocenters. The van der Waals surface area contributed by atoms with Crippen LogP contribution in [-0.2, 0) is 14.8 Å². The Balaban J connectivity index is 1.93. The van der Waals surface area contributed by atoms with Crippen LogP contribution in [0.1, 0.15) is 0 Å². The molecule has 19 heavy (non-hydrogen) atoms. The van der Waals surface area contributed by atoms with Crippen molar-refractivity contribution in [2.24, 2.45) is 0 Å². The van der Waals surface area contributed by atoms with Gasteiger partial charge in [0.05, 0.1) is 18.1 Å². The second kappa shape index (κ2) is 6.47. The minimum atomic E-state index is -3.36. The molecule has 0 aromatic heterocycles. The first-order valence-electron chi connectivity index (χ1n) is 6.42. The first kappa shape index (κ1) is 14.5. The molecular formula is C13H20N2O3S. The van der Waals surface area contributed by atoms with E-state index in [0.717, 1.165) is 32.8 Å². The van der Waals surface area contributed by atoms with Crippen LogP contribution in [0.4, 0.5) is 0 Å². The quantitative estimate of drug-likeness (QED) is 0.796. The molecule has 0 spiro atoms. The minimum absolute atomic E-state index is 0.347. The fraction of sp³-hybridized carbons (Fsp3) is 0.538. The number of rotatable bonds is 5. The Hall–Kier alpha value is -0.950. The van der Waals surface area contributed by atoms with Gasteiger partial charge in [0.25, 0.3) is 0 Å². The van der Waals surface area contributed by atoms with E-state index < -0.39 is 10.0 Å². The summed E-state index contributed by atoms with van der Waals surface area (Å²) in [4.78, 5) is 2.57. The van der Waals surface area contributed by atoms with E-state index in [1.165, 1.54) is 4.31 Å². The maximum atomic E-state index is 12.3.